The topological polar surface area (TPSA) is 64.6 Å². The van der Waals surface area contributed by atoms with Gasteiger partial charge >= 0.3 is 5.97 Å². The smallest absolute Gasteiger partial charge is 0.338 e. The van der Waals surface area contributed by atoms with E-state index in [2.05, 4.69) is 27.9 Å². The maximum atomic E-state index is 12.0. The van der Waals surface area contributed by atoms with E-state index in [0.29, 0.717) is 11.3 Å². The largest absolute Gasteiger partial charge is 0.496 e. The van der Waals surface area contributed by atoms with E-state index in [0.717, 1.165) is 9.13 Å². The second-order valence-electron chi connectivity index (χ2n) is 5.11. The highest BCUT2D eigenvalue weighted by Gasteiger charge is 2.15. The molecule has 0 bridgehead atoms. The third-order valence-corrected chi connectivity index (χ3v) is 4.12. The first-order chi connectivity index (χ1) is 11.5. The number of carbonyl (C=O) groups is 2. The third-order valence-electron chi connectivity index (χ3n) is 3.40. The fourth-order valence-corrected chi connectivity index (χ4v) is 2.55. The number of hydrogen-bond donors (Lipinski definition) is 1. The molecule has 2 rings (SSSR count). The average Bonchev–Trinajstić information content (AvgIpc) is 2.60. The summed E-state index contributed by atoms with van der Waals surface area (Å²) in [4.78, 5) is 23.9. The van der Waals surface area contributed by atoms with Gasteiger partial charge in [-0.1, -0.05) is 18.2 Å². The number of methoxy groups -OCH3 is 1. The summed E-state index contributed by atoms with van der Waals surface area (Å²) < 4.78 is 11.3. The van der Waals surface area contributed by atoms with Crippen molar-refractivity contribution in [2.45, 2.75) is 13.0 Å². The van der Waals surface area contributed by atoms with Gasteiger partial charge in [0.2, 0.25) is 0 Å². The van der Waals surface area contributed by atoms with Crippen molar-refractivity contribution >= 4 is 34.5 Å². The lowest BCUT2D eigenvalue weighted by Gasteiger charge is -2.17. The van der Waals surface area contributed by atoms with Gasteiger partial charge in [0.15, 0.2) is 6.61 Å². The molecule has 0 aliphatic heterocycles. The Labute approximate surface area is 154 Å². The molecule has 2 aromatic carbocycles. The second-order valence-corrected chi connectivity index (χ2v) is 6.36. The predicted octanol–water partition coefficient (Wildman–Crippen LogP) is 3.33. The minimum atomic E-state index is -0.522. The number of amides is 1. The van der Waals surface area contributed by atoms with Crippen LogP contribution in [0.15, 0.2) is 48.5 Å². The van der Waals surface area contributed by atoms with Crippen LogP contribution in [0.4, 0.5) is 0 Å². The van der Waals surface area contributed by atoms with E-state index in [1.165, 1.54) is 0 Å². The molecular weight excluding hydrogens is 421 g/mol. The van der Waals surface area contributed by atoms with E-state index >= 15 is 0 Å². The first-order valence-corrected chi connectivity index (χ1v) is 8.44. The molecule has 6 heteroatoms. The Morgan fingerprint density at radius 3 is 2.46 bits per heavy atom. The van der Waals surface area contributed by atoms with Gasteiger partial charge in [-0.2, -0.15) is 0 Å². The zero-order chi connectivity index (χ0) is 17.5. The van der Waals surface area contributed by atoms with Crippen molar-refractivity contribution < 1.29 is 19.1 Å². The zero-order valence-corrected chi connectivity index (χ0v) is 15.6. The van der Waals surface area contributed by atoms with E-state index in [1.54, 1.807) is 31.4 Å². The number of ether oxygens (including phenoxy) is 2. The highest BCUT2D eigenvalue weighted by Crippen LogP contribution is 2.24. The molecule has 0 aliphatic rings. The van der Waals surface area contributed by atoms with Gasteiger partial charge in [0, 0.05) is 9.13 Å². The summed E-state index contributed by atoms with van der Waals surface area (Å²) >= 11 is 2.15. The Hall–Kier alpha value is -2.09. The number of hydrogen-bond acceptors (Lipinski definition) is 4. The first kappa shape index (κ1) is 18.3. The quantitative estimate of drug-likeness (QED) is 0.554. The van der Waals surface area contributed by atoms with Crippen LogP contribution in [0.5, 0.6) is 5.75 Å². The van der Waals surface area contributed by atoms with E-state index in [4.69, 9.17) is 9.47 Å². The van der Waals surface area contributed by atoms with Crippen molar-refractivity contribution in [2.75, 3.05) is 13.7 Å². The molecule has 0 spiro atoms. The number of rotatable bonds is 6. The van der Waals surface area contributed by atoms with Crippen molar-refractivity contribution in [2.24, 2.45) is 0 Å². The SMILES string of the molecule is COc1ccccc1C(C)NC(=O)COC(=O)c1ccc(I)cc1. The lowest BCUT2D eigenvalue weighted by molar-refractivity contribution is -0.124. The van der Waals surface area contributed by atoms with Crippen LogP contribution in [0.25, 0.3) is 0 Å². The van der Waals surface area contributed by atoms with Crippen LogP contribution in [-0.2, 0) is 9.53 Å². The molecule has 1 amide bonds. The van der Waals surface area contributed by atoms with Gasteiger partial charge in [-0.05, 0) is 59.8 Å². The van der Waals surface area contributed by atoms with Crippen molar-refractivity contribution in [3.63, 3.8) is 0 Å². The Bertz CT molecular complexity index is 715. The van der Waals surface area contributed by atoms with Crippen molar-refractivity contribution in [3.8, 4) is 5.75 Å². The van der Waals surface area contributed by atoms with E-state index in [9.17, 15) is 9.59 Å². The molecule has 1 atom stereocenters. The average molecular weight is 439 g/mol. The van der Waals surface area contributed by atoms with Crippen LogP contribution in [0.3, 0.4) is 0 Å². The summed E-state index contributed by atoms with van der Waals surface area (Å²) in [7, 11) is 1.58. The Balaban J connectivity index is 1.88. The molecule has 126 valence electrons. The van der Waals surface area contributed by atoms with Gasteiger partial charge in [-0.3, -0.25) is 4.79 Å². The minimum absolute atomic E-state index is 0.259. The molecule has 1 N–H and O–H groups in total. The molecule has 2 aromatic rings. The zero-order valence-electron chi connectivity index (χ0n) is 13.4. The van der Waals surface area contributed by atoms with Gasteiger partial charge in [-0.25, -0.2) is 4.79 Å². The van der Waals surface area contributed by atoms with Gasteiger partial charge in [0.1, 0.15) is 5.75 Å². The number of nitrogens with one attached hydrogen (secondary N) is 1. The normalized spacial score (nSPS) is 11.5. The second kappa shape index (κ2) is 8.68. The maximum Gasteiger partial charge on any atom is 0.338 e. The van der Waals surface area contributed by atoms with Gasteiger partial charge in [-0.15, -0.1) is 0 Å². The summed E-state index contributed by atoms with van der Waals surface area (Å²) in [5, 5.41) is 2.79. The molecular formula is C18H18INO4. The third kappa shape index (κ3) is 4.95. The Kier molecular flexibility index (Phi) is 6.60. The number of para-hydroxylation sites is 1. The number of carbonyl (C=O) groups excluding carboxylic acids is 2. The van der Waals surface area contributed by atoms with Crippen molar-refractivity contribution in [1.82, 2.24) is 5.32 Å². The predicted molar refractivity (Wildman–Crippen MR) is 99.0 cm³/mol. The van der Waals surface area contributed by atoms with Gasteiger partial charge in [0.25, 0.3) is 5.91 Å². The van der Waals surface area contributed by atoms with Crippen molar-refractivity contribution in [3.05, 3.63) is 63.2 Å². The molecule has 5 nitrogen and oxygen atoms in total. The van der Waals surface area contributed by atoms with Crippen LogP contribution in [-0.4, -0.2) is 25.6 Å². The van der Waals surface area contributed by atoms with E-state index in [1.807, 2.05) is 31.2 Å². The Morgan fingerprint density at radius 1 is 1.12 bits per heavy atom. The lowest BCUT2D eigenvalue weighted by atomic mass is 10.1. The fraction of sp³-hybridized carbons (Fsp3) is 0.222. The van der Waals surface area contributed by atoms with Crippen LogP contribution >= 0.6 is 22.6 Å². The van der Waals surface area contributed by atoms with Gasteiger partial charge < -0.3 is 14.8 Å². The summed E-state index contributed by atoms with van der Waals surface area (Å²) in [5.74, 6) is -0.194. The van der Waals surface area contributed by atoms with Crippen molar-refractivity contribution in [1.29, 1.82) is 0 Å². The summed E-state index contributed by atoms with van der Waals surface area (Å²) in [5.41, 5.74) is 1.28. The van der Waals surface area contributed by atoms with E-state index < -0.39 is 5.97 Å². The molecule has 24 heavy (non-hydrogen) atoms. The molecule has 0 radical (unpaired) electrons. The number of esters is 1. The molecule has 0 saturated heterocycles. The van der Waals surface area contributed by atoms with Crippen LogP contribution in [0, 0.1) is 3.57 Å². The summed E-state index contributed by atoms with van der Waals surface area (Å²) in [6, 6.07) is 14.1. The Morgan fingerprint density at radius 2 is 1.79 bits per heavy atom. The molecule has 0 heterocycles. The standard InChI is InChI=1S/C18H18INO4/c1-12(15-5-3-4-6-16(15)23-2)20-17(21)11-24-18(22)13-7-9-14(19)10-8-13/h3-10,12H,11H2,1-2H3,(H,20,21). The fourth-order valence-electron chi connectivity index (χ4n) is 2.19. The number of halogens is 1. The maximum absolute atomic E-state index is 12.0. The summed E-state index contributed by atoms with van der Waals surface area (Å²) in [6.45, 7) is 1.51. The van der Waals surface area contributed by atoms with Crippen LogP contribution < -0.4 is 10.1 Å². The lowest BCUT2D eigenvalue weighted by Crippen LogP contribution is -2.31. The first-order valence-electron chi connectivity index (χ1n) is 7.36. The summed E-state index contributed by atoms with van der Waals surface area (Å²) in [6.07, 6.45) is 0. The highest BCUT2D eigenvalue weighted by molar-refractivity contribution is 14.1. The highest BCUT2D eigenvalue weighted by atomic mass is 127. The molecule has 0 aromatic heterocycles. The molecule has 0 fully saturated rings. The minimum Gasteiger partial charge on any atom is -0.496 e. The van der Waals surface area contributed by atoms with Gasteiger partial charge in [0.05, 0.1) is 18.7 Å². The van der Waals surface area contributed by atoms with Crippen LogP contribution in [0.1, 0.15) is 28.9 Å². The molecule has 0 aliphatic carbocycles. The monoisotopic (exact) mass is 439 g/mol. The van der Waals surface area contributed by atoms with E-state index in [-0.39, 0.29) is 18.6 Å². The number of benzene rings is 2. The molecule has 0 saturated carbocycles. The van der Waals surface area contributed by atoms with Crippen LogP contribution in [0.2, 0.25) is 0 Å². The molecule has 1 unspecified atom stereocenters.